The fourth-order valence-corrected chi connectivity index (χ4v) is 4.18. The Balaban J connectivity index is 2.42. The molecule has 1 amide bonds. The lowest BCUT2D eigenvalue weighted by Gasteiger charge is -2.29. The predicted octanol–water partition coefficient (Wildman–Crippen LogP) is 4.10. The molecule has 0 fully saturated rings. The Morgan fingerprint density at radius 3 is 2.30 bits per heavy atom. The number of amides is 1. The first-order valence-electron chi connectivity index (χ1n) is 7.94. The summed E-state index contributed by atoms with van der Waals surface area (Å²) in [4.78, 5) is 12.8. The quantitative estimate of drug-likeness (QED) is 0.747. The van der Waals surface area contributed by atoms with Crippen molar-refractivity contribution in [3.63, 3.8) is 0 Å². The maximum absolute atomic E-state index is 12.8. The second kappa shape index (κ2) is 8.37. The second-order valence-electron chi connectivity index (χ2n) is 6.00. The molecule has 0 saturated heterocycles. The highest BCUT2D eigenvalue weighted by Gasteiger charge is 2.31. The minimum Gasteiger partial charge on any atom is -0.495 e. The SMILES string of the molecule is COc1ccc(Cl)cc1N(C(C)C(=O)Nc1ccc(Cl)cc1C)S(C)(=O)=O. The van der Waals surface area contributed by atoms with Crippen LogP contribution in [0.2, 0.25) is 10.0 Å². The van der Waals surface area contributed by atoms with Gasteiger partial charge >= 0.3 is 0 Å². The third kappa shape index (κ3) is 5.06. The minimum absolute atomic E-state index is 0.183. The maximum atomic E-state index is 12.8. The fraction of sp³-hybridized carbons (Fsp3) is 0.278. The first-order chi connectivity index (χ1) is 12.5. The zero-order chi connectivity index (χ0) is 20.4. The van der Waals surface area contributed by atoms with Crippen LogP contribution in [0, 0.1) is 6.92 Å². The second-order valence-corrected chi connectivity index (χ2v) is 8.73. The summed E-state index contributed by atoms with van der Waals surface area (Å²) >= 11 is 12.0. The number of sulfonamides is 1. The lowest BCUT2D eigenvalue weighted by Crippen LogP contribution is -2.45. The van der Waals surface area contributed by atoms with Crippen LogP contribution in [0.5, 0.6) is 5.75 Å². The molecule has 0 heterocycles. The molecular formula is C18H20Cl2N2O4S. The highest BCUT2D eigenvalue weighted by atomic mass is 35.5. The van der Waals surface area contributed by atoms with Gasteiger partial charge in [0.2, 0.25) is 15.9 Å². The topological polar surface area (TPSA) is 75.7 Å². The molecule has 0 radical (unpaired) electrons. The van der Waals surface area contributed by atoms with Gasteiger partial charge in [0.25, 0.3) is 0 Å². The summed E-state index contributed by atoms with van der Waals surface area (Å²) in [5.74, 6) is -0.222. The number of nitrogens with zero attached hydrogens (tertiary/aromatic N) is 1. The molecule has 0 saturated carbocycles. The molecule has 0 aromatic heterocycles. The molecule has 9 heteroatoms. The van der Waals surface area contributed by atoms with E-state index in [1.54, 1.807) is 37.3 Å². The molecule has 1 N–H and O–H groups in total. The molecule has 6 nitrogen and oxygen atoms in total. The molecule has 146 valence electrons. The smallest absolute Gasteiger partial charge is 0.248 e. The Morgan fingerprint density at radius 2 is 1.74 bits per heavy atom. The lowest BCUT2D eigenvalue weighted by atomic mass is 10.2. The van der Waals surface area contributed by atoms with Crippen molar-refractivity contribution < 1.29 is 17.9 Å². The van der Waals surface area contributed by atoms with E-state index in [0.29, 0.717) is 15.7 Å². The average Bonchev–Trinajstić information content (AvgIpc) is 2.56. The number of benzene rings is 2. The Hall–Kier alpha value is -1.96. The highest BCUT2D eigenvalue weighted by Crippen LogP contribution is 2.34. The van der Waals surface area contributed by atoms with E-state index in [4.69, 9.17) is 27.9 Å². The van der Waals surface area contributed by atoms with Crippen molar-refractivity contribution >= 4 is 50.5 Å². The van der Waals surface area contributed by atoms with Crippen LogP contribution in [0.4, 0.5) is 11.4 Å². The molecule has 1 atom stereocenters. The number of ether oxygens (including phenoxy) is 1. The van der Waals surface area contributed by atoms with E-state index in [-0.39, 0.29) is 11.4 Å². The van der Waals surface area contributed by atoms with E-state index < -0.39 is 22.0 Å². The predicted molar refractivity (Wildman–Crippen MR) is 110 cm³/mol. The summed E-state index contributed by atoms with van der Waals surface area (Å²) in [7, 11) is -2.40. The summed E-state index contributed by atoms with van der Waals surface area (Å²) in [5, 5.41) is 3.60. The molecule has 0 spiro atoms. The molecule has 0 aliphatic heterocycles. The van der Waals surface area contributed by atoms with Gasteiger partial charge in [0, 0.05) is 15.7 Å². The third-order valence-electron chi connectivity index (χ3n) is 3.91. The van der Waals surface area contributed by atoms with Crippen molar-refractivity contribution in [3.05, 3.63) is 52.0 Å². The van der Waals surface area contributed by atoms with Gasteiger partial charge in [-0.15, -0.1) is 0 Å². The maximum Gasteiger partial charge on any atom is 0.248 e. The van der Waals surface area contributed by atoms with Crippen molar-refractivity contribution in [2.45, 2.75) is 19.9 Å². The van der Waals surface area contributed by atoms with Gasteiger partial charge in [0.1, 0.15) is 11.8 Å². The standard InChI is InChI=1S/C18H20Cl2N2O4S/c1-11-9-13(19)5-7-15(11)21-18(23)12(2)22(27(4,24)25)16-10-14(20)6-8-17(16)26-3/h5-10,12H,1-4H3,(H,21,23). The van der Waals surface area contributed by atoms with Gasteiger partial charge in [0.05, 0.1) is 19.1 Å². The van der Waals surface area contributed by atoms with Gasteiger partial charge in [-0.1, -0.05) is 23.2 Å². The van der Waals surface area contributed by atoms with E-state index in [0.717, 1.165) is 16.1 Å². The fourth-order valence-electron chi connectivity index (χ4n) is 2.62. The lowest BCUT2D eigenvalue weighted by molar-refractivity contribution is -0.116. The van der Waals surface area contributed by atoms with Gasteiger partial charge in [0.15, 0.2) is 0 Å². The molecule has 0 aliphatic carbocycles. The van der Waals surface area contributed by atoms with Crippen LogP contribution < -0.4 is 14.4 Å². The van der Waals surface area contributed by atoms with Crippen LogP contribution in [0.25, 0.3) is 0 Å². The number of rotatable bonds is 6. The number of carbonyl (C=O) groups excluding carboxylic acids is 1. The van der Waals surface area contributed by atoms with Crippen molar-refractivity contribution in [2.75, 3.05) is 23.0 Å². The van der Waals surface area contributed by atoms with Crippen LogP contribution in [0.15, 0.2) is 36.4 Å². The van der Waals surface area contributed by atoms with Gasteiger partial charge in [-0.05, 0) is 55.8 Å². The van der Waals surface area contributed by atoms with Gasteiger partial charge in [-0.3, -0.25) is 9.10 Å². The Morgan fingerprint density at radius 1 is 1.15 bits per heavy atom. The average molecular weight is 431 g/mol. The monoisotopic (exact) mass is 430 g/mol. The largest absolute Gasteiger partial charge is 0.495 e. The Labute approximate surface area is 169 Å². The van der Waals surface area contributed by atoms with Crippen LogP contribution in [-0.2, 0) is 14.8 Å². The zero-order valence-electron chi connectivity index (χ0n) is 15.3. The number of nitrogens with one attached hydrogen (secondary N) is 1. The van der Waals surface area contributed by atoms with Crippen molar-refractivity contribution in [2.24, 2.45) is 0 Å². The summed E-state index contributed by atoms with van der Waals surface area (Å²) < 4.78 is 31.1. The van der Waals surface area contributed by atoms with E-state index >= 15 is 0 Å². The molecular weight excluding hydrogens is 411 g/mol. The number of halogens is 2. The van der Waals surface area contributed by atoms with Crippen molar-refractivity contribution in [1.82, 2.24) is 0 Å². The summed E-state index contributed by atoms with van der Waals surface area (Å²) in [6.45, 7) is 3.28. The molecule has 2 aromatic rings. The number of aryl methyl sites for hydroxylation is 1. The molecule has 2 aromatic carbocycles. The van der Waals surface area contributed by atoms with E-state index in [2.05, 4.69) is 5.32 Å². The number of carbonyl (C=O) groups is 1. The molecule has 27 heavy (non-hydrogen) atoms. The molecule has 2 rings (SSSR count). The van der Waals surface area contributed by atoms with E-state index in [9.17, 15) is 13.2 Å². The van der Waals surface area contributed by atoms with Gasteiger partial charge in [-0.2, -0.15) is 0 Å². The normalized spacial score (nSPS) is 12.4. The highest BCUT2D eigenvalue weighted by molar-refractivity contribution is 7.92. The first-order valence-corrected chi connectivity index (χ1v) is 10.5. The molecule has 0 bridgehead atoms. The number of hydrogen-bond donors (Lipinski definition) is 1. The van der Waals surface area contributed by atoms with Crippen molar-refractivity contribution in [1.29, 1.82) is 0 Å². The minimum atomic E-state index is -3.81. The van der Waals surface area contributed by atoms with Gasteiger partial charge in [-0.25, -0.2) is 8.42 Å². The molecule has 0 aliphatic rings. The molecule has 1 unspecified atom stereocenters. The van der Waals surface area contributed by atoms with E-state index in [1.807, 2.05) is 0 Å². The number of methoxy groups -OCH3 is 1. The Bertz CT molecular complexity index is 964. The third-order valence-corrected chi connectivity index (χ3v) is 5.61. The van der Waals surface area contributed by atoms with Crippen LogP contribution >= 0.6 is 23.2 Å². The summed E-state index contributed by atoms with van der Waals surface area (Å²) in [5.41, 5.74) is 1.49. The van der Waals surface area contributed by atoms with Crippen LogP contribution in [0.1, 0.15) is 12.5 Å². The van der Waals surface area contributed by atoms with Gasteiger partial charge < -0.3 is 10.1 Å². The summed E-state index contributed by atoms with van der Waals surface area (Å²) in [6.07, 6.45) is 1.02. The zero-order valence-corrected chi connectivity index (χ0v) is 17.6. The number of anilines is 2. The van der Waals surface area contributed by atoms with Crippen molar-refractivity contribution in [3.8, 4) is 5.75 Å². The Kier molecular flexibility index (Phi) is 6.62. The van der Waals surface area contributed by atoms with E-state index in [1.165, 1.54) is 20.1 Å². The van der Waals surface area contributed by atoms with Crippen LogP contribution in [0.3, 0.4) is 0 Å². The van der Waals surface area contributed by atoms with Crippen LogP contribution in [-0.4, -0.2) is 33.7 Å². The summed E-state index contributed by atoms with van der Waals surface area (Å²) in [6, 6.07) is 8.52. The number of hydrogen-bond acceptors (Lipinski definition) is 4. The first kappa shape index (κ1) is 21.3.